The lowest BCUT2D eigenvalue weighted by Crippen LogP contribution is -2.38. The van der Waals surface area contributed by atoms with Crippen molar-refractivity contribution in [2.24, 2.45) is 0 Å². The Hall–Kier alpha value is -4.91. The van der Waals surface area contributed by atoms with Gasteiger partial charge in [-0.1, -0.05) is 159 Å². The molecule has 50 heavy (non-hydrogen) atoms. The van der Waals surface area contributed by atoms with Crippen molar-refractivity contribution in [3.8, 4) is 0 Å². The molecule has 2 aliphatic rings. The lowest BCUT2D eigenvalue weighted by molar-refractivity contribution is 0.751. The van der Waals surface area contributed by atoms with Crippen molar-refractivity contribution in [3.63, 3.8) is 0 Å². The van der Waals surface area contributed by atoms with Gasteiger partial charge >= 0.3 is 0 Å². The van der Waals surface area contributed by atoms with Gasteiger partial charge in [0.15, 0.2) is 0 Å². The maximum absolute atomic E-state index is 4.08. The Labute approximate surface area is 299 Å². The molecule has 4 heteroatoms. The highest BCUT2D eigenvalue weighted by molar-refractivity contribution is 6.89. The highest BCUT2D eigenvalue weighted by Crippen LogP contribution is 2.48. The van der Waals surface area contributed by atoms with Gasteiger partial charge in [-0.15, -0.1) is 0 Å². The molecule has 6 aromatic rings. The first-order chi connectivity index (χ1) is 24.0. The average Bonchev–Trinajstić information content (AvgIpc) is 3.12. The number of allylic oxidation sites excluding steroid dienone is 1. The Morgan fingerprint density at radius 3 is 1.82 bits per heavy atom. The highest BCUT2D eigenvalue weighted by Gasteiger charge is 2.38. The molecule has 6 aromatic carbocycles. The molecule has 0 heterocycles. The largest absolute Gasteiger partial charge is 0.368 e. The average molecular weight is 683 g/mol. The van der Waals surface area contributed by atoms with Crippen molar-refractivity contribution in [1.82, 2.24) is 0 Å². The second kappa shape index (κ2) is 12.2. The molecule has 2 aliphatic carbocycles. The molecule has 0 spiro atoms. The summed E-state index contributed by atoms with van der Waals surface area (Å²) in [6, 6.07) is 49.8. The fourth-order valence-electron chi connectivity index (χ4n) is 7.81. The first-order valence-electron chi connectivity index (χ1n) is 17.9. The molecule has 2 nitrogen and oxygen atoms in total. The Balaban J connectivity index is 1.31. The number of nitrogens with zero attached hydrogens (tertiary/aromatic N) is 1. The first kappa shape index (κ1) is 32.3. The molecule has 0 saturated carbocycles. The summed E-state index contributed by atoms with van der Waals surface area (Å²) in [6.07, 6.45) is 8.03. The molecular formula is C46H46N2Si2. The third kappa shape index (κ3) is 5.57. The van der Waals surface area contributed by atoms with Crippen LogP contribution in [0.15, 0.2) is 146 Å². The fourth-order valence-corrected chi connectivity index (χ4v) is 10.1. The van der Waals surface area contributed by atoms with E-state index in [1.807, 2.05) is 0 Å². The van der Waals surface area contributed by atoms with Crippen LogP contribution in [-0.2, 0) is 12.0 Å². The summed E-state index contributed by atoms with van der Waals surface area (Å²) in [5, 5.41) is 9.72. The third-order valence-electron chi connectivity index (χ3n) is 10.6. The highest BCUT2D eigenvalue weighted by atomic mass is 28.3. The van der Waals surface area contributed by atoms with Crippen molar-refractivity contribution in [2.45, 2.75) is 51.2 Å². The van der Waals surface area contributed by atoms with Gasteiger partial charge in [0.1, 0.15) is 5.54 Å². The molecule has 1 N–H and O–H groups in total. The number of nitrogens with one attached hydrogen (secondary N) is 1. The van der Waals surface area contributed by atoms with Crippen molar-refractivity contribution in [3.05, 3.63) is 173 Å². The summed E-state index contributed by atoms with van der Waals surface area (Å²) in [6.45, 7) is 14.5. The van der Waals surface area contributed by atoms with Crippen molar-refractivity contribution in [1.29, 1.82) is 0 Å². The molecular weight excluding hydrogens is 637 g/mol. The van der Waals surface area contributed by atoms with Crippen LogP contribution in [0, 0.1) is 0 Å². The van der Waals surface area contributed by atoms with Gasteiger partial charge in [0, 0.05) is 22.6 Å². The van der Waals surface area contributed by atoms with Crippen molar-refractivity contribution in [2.75, 3.05) is 10.2 Å². The lowest BCUT2D eigenvalue weighted by atomic mass is 9.73. The van der Waals surface area contributed by atoms with E-state index < -0.39 is 21.7 Å². The molecule has 1 unspecified atom stereocenters. The summed E-state index contributed by atoms with van der Waals surface area (Å²) in [4.78, 5) is 2.46. The summed E-state index contributed by atoms with van der Waals surface area (Å²) in [5.74, 6) is 0. The zero-order chi connectivity index (χ0) is 34.7. The zero-order valence-corrected chi connectivity index (χ0v) is 32.1. The zero-order valence-electron chi connectivity index (χ0n) is 30.1. The van der Waals surface area contributed by atoms with E-state index in [9.17, 15) is 0 Å². The van der Waals surface area contributed by atoms with Crippen LogP contribution in [0.25, 0.3) is 22.5 Å². The second-order valence-electron chi connectivity index (χ2n) is 15.9. The van der Waals surface area contributed by atoms with Gasteiger partial charge in [0.25, 0.3) is 0 Å². The second-order valence-corrected chi connectivity index (χ2v) is 26.1. The summed E-state index contributed by atoms with van der Waals surface area (Å²) >= 11 is 0. The summed E-state index contributed by atoms with van der Waals surface area (Å²) < 4.78 is 0. The van der Waals surface area contributed by atoms with Crippen LogP contribution in [0.4, 0.5) is 17.1 Å². The van der Waals surface area contributed by atoms with Gasteiger partial charge in [0.05, 0.1) is 21.8 Å². The number of hydrogen-bond donors (Lipinski definition) is 1. The van der Waals surface area contributed by atoms with Gasteiger partial charge in [-0.05, 0) is 81.9 Å². The Morgan fingerprint density at radius 2 is 1.18 bits per heavy atom. The smallest absolute Gasteiger partial charge is 0.108 e. The van der Waals surface area contributed by atoms with Crippen LogP contribution >= 0.6 is 0 Å². The standard InChI is InChI=1S/C46H46N2Si2/c1-49(2,3)39-24-20-36(21-25-39)47-46(35-13-9-7-10-14-35)32-31-34-17-28-41-43(30-19-33-18-29-42(46)45(34)44(33)41)48(37-15-11-8-12-16-37)38-22-26-40(27-23-38)50(4,5)6/h7-18,20-32,47H,19H2,1-6H3. The number of hydrogen-bond acceptors (Lipinski definition) is 2. The van der Waals surface area contributed by atoms with Gasteiger partial charge in [0.2, 0.25) is 0 Å². The molecule has 1 atom stereocenters. The van der Waals surface area contributed by atoms with E-state index in [4.69, 9.17) is 0 Å². The molecule has 0 fully saturated rings. The molecule has 0 saturated heterocycles. The third-order valence-corrected chi connectivity index (χ3v) is 14.7. The number of anilines is 3. The minimum absolute atomic E-state index is 0.529. The van der Waals surface area contributed by atoms with Crippen LogP contribution < -0.4 is 20.6 Å². The molecule has 248 valence electrons. The van der Waals surface area contributed by atoms with Crippen molar-refractivity contribution >= 4 is 66.1 Å². The Kier molecular flexibility index (Phi) is 7.85. The van der Waals surface area contributed by atoms with E-state index in [0.29, 0.717) is 0 Å². The van der Waals surface area contributed by atoms with Gasteiger partial charge < -0.3 is 10.2 Å². The molecule has 0 bridgehead atoms. The Bertz CT molecular complexity index is 2260. The molecule has 0 aliphatic heterocycles. The van der Waals surface area contributed by atoms with E-state index in [2.05, 4.69) is 201 Å². The molecule has 0 amide bonds. The predicted molar refractivity (Wildman–Crippen MR) is 223 cm³/mol. The van der Waals surface area contributed by atoms with Crippen LogP contribution in [-0.4, -0.2) is 16.1 Å². The van der Waals surface area contributed by atoms with Crippen LogP contribution in [0.2, 0.25) is 39.3 Å². The normalized spacial score (nSPS) is 16.6. The van der Waals surface area contributed by atoms with E-state index in [1.165, 1.54) is 66.0 Å². The molecule has 0 aromatic heterocycles. The number of para-hydroxylation sites is 1. The van der Waals surface area contributed by atoms with Gasteiger partial charge in [-0.25, -0.2) is 0 Å². The Morgan fingerprint density at radius 1 is 0.580 bits per heavy atom. The quantitative estimate of drug-likeness (QED) is 0.161. The van der Waals surface area contributed by atoms with Gasteiger partial charge in [-0.3, -0.25) is 0 Å². The fraction of sp³-hybridized carbons (Fsp3) is 0.174. The molecule has 0 radical (unpaired) electrons. The van der Waals surface area contributed by atoms with E-state index in [-0.39, 0.29) is 0 Å². The van der Waals surface area contributed by atoms with E-state index in [0.717, 1.165) is 12.1 Å². The van der Waals surface area contributed by atoms with E-state index in [1.54, 1.807) is 0 Å². The minimum Gasteiger partial charge on any atom is -0.368 e. The minimum atomic E-state index is -1.43. The van der Waals surface area contributed by atoms with E-state index >= 15 is 0 Å². The van der Waals surface area contributed by atoms with Crippen LogP contribution in [0.1, 0.15) is 27.8 Å². The van der Waals surface area contributed by atoms with Crippen molar-refractivity contribution < 1.29 is 0 Å². The van der Waals surface area contributed by atoms with Crippen LogP contribution in [0.5, 0.6) is 0 Å². The number of rotatable bonds is 8. The first-order valence-corrected chi connectivity index (χ1v) is 24.9. The maximum atomic E-state index is 4.08. The lowest BCUT2D eigenvalue weighted by Gasteiger charge is -2.39. The topological polar surface area (TPSA) is 15.3 Å². The monoisotopic (exact) mass is 682 g/mol. The maximum Gasteiger partial charge on any atom is 0.108 e. The summed E-state index contributed by atoms with van der Waals surface area (Å²) in [7, 11) is -2.85. The summed E-state index contributed by atoms with van der Waals surface area (Å²) in [5.41, 5.74) is 10.7. The van der Waals surface area contributed by atoms with Gasteiger partial charge in [-0.2, -0.15) is 0 Å². The van der Waals surface area contributed by atoms with Crippen LogP contribution in [0.3, 0.4) is 0 Å². The predicted octanol–water partition coefficient (Wildman–Crippen LogP) is 11.0. The molecule has 8 rings (SSSR count). The number of benzene rings is 6. The SMILES string of the molecule is C[Si](C)(C)c1ccc(NC2(c3ccccc3)C=Cc3ccc4c5c(ccc2c35)CC=C4N(c2ccccc2)c2ccc([Si](C)(C)C)cc2)cc1.